The molecule has 1 aromatic carbocycles. The van der Waals surface area contributed by atoms with Gasteiger partial charge in [-0.15, -0.1) is 0 Å². The van der Waals surface area contributed by atoms with Gasteiger partial charge in [0.05, 0.1) is 0 Å². The van der Waals surface area contributed by atoms with Gasteiger partial charge >= 0.3 is 0 Å². The van der Waals surface area contributed by atoms with E-state index in [9.17, 15) is 0 Å². The lowest BCUT2D eigenvalue weighted by atomic mass is 10.0. The zero-order valence-corrected chi connectivity index (χ0v) is 12.5. The van der Waals surface area contributed by atoms with Crippen molar-refractivity contribution in [3.05, 3.63) is 35.9 Å². The highest BCUT2D eigenvalue weighted by atomic mass is 15.3. The summed E-state index contributed by atoms with van der Waals surface area (Å²) in [5.74, 6) is 0.804. The van der Waals surface area contributed by atoms with E-state index in [1.165, 1.54) is 45.3 Å². The number of nitrogens with zero attached hydrogens (tertiary/aromatic N) is 2. The van der Waals surface area contributed by atoms with Crippen LogP contribution in [0.2, 0.25) is 0 Å². The van der Waals surface area contributed by atoms with Crippen LogP contribution in [-0.4, -0.2) is 47.6 Å². The van der Waals surface area contributed by atoms with Crippen LogP contribution >= 0.6 is 0 Å². The van der Waals surface area contributed by atoms with Crippen molar-refractivity contribution in [1.29, 1.82) is 0 Å². The number of rotatable bonds is 3. The quantitative estimate of drug-likeness (QED) is 0.833. The van der Waals surface area contributed by atoms with Gasteiger partial charge in [0.15, 0.2) is 0 Å². The van der Waals surface area contributed by atoms with E-state index < -0.39 is 0 Å². The van der Waals surface area contributed by atoms with Crippen LogP contribution in [0.3, 0.4) is 0 Å². The first-order valence-corrected chi connectivity index (χ1v) is 8.41. The van der Waals surface area contributed by atoms with E-state index in [0.717, 1.165) is 24.0 Å². The van der Waals surface area contributed by atoms with Crippen molar-refractivity contribution in [1.82, 2.24) is 9.80 Å². The second-order valence-electron chi connectivity index (χ2n) is 6.87. The third-order valence-corrected chi connectivity index (χ3v) is 5.72. The molecule has 1 saturated carbocycles. The Morgan fingerprint density at radius 2 is 2.00 bits per heavy atom. The van der Waals surface area contributed by atoms with Gasteiger partial charge in [-0.25, -0.2) is 0 Å². The van der Waals surface area contributed by atoms with Crippen molar-refractivity contribution in [3.8, 4) is 0 Å². The molecule has 2 heterocycles. The molecule has 4 unspecified atom stereocenters. The van der Waals surface area contributed by atoms with Gasteiger partial charge in [-0.1, -0.05) is 37.3 Å². The van der Waals surface area contributed by atoms with Crippen LogP contribution in [0.25, 0.3) is 0 Å². The summed E-state index contributed by atoms with van der Waals surface area (Å²) >= 11 is 0. The van der Waals surface area contributed by atoms with Gasteiger partial charge in [0.2, 0.25) is 0 Å². The Kier molecular flexibility index (Phi) is 3.31. The highest BCUT2D eigenvalue weighted by molar-refractivity contribution is 5.28. The van der Waals surface area contributed by atoms with Crippen LogP contribution in [0.4, 0.5) is 0 Å². The molecule has 3 aliphatic rings. The molecule has 0 amide bonds. The third-order valence-electron chi connectivity index (χ3n) is 5.72. The Morgan fingerprint density at radius 1 is 1.15 bits per heavy atom. The van der Waals surface area contributed by atoms with Crippen molar-refractivity contribution < 1.29 is 0 Å². The molecule has 1 aromatic rings. The lowest BCUT2D eigenvalue weighted by Gasteiger charge is -2.44. The van der Waals surface area contributed by atoms with E-state index in [-0.39, 0.29) is 0 Å². The average Bonchev–Trinajstić information content (AvgIpc) is 3.17. The van der Waals surface area contributed by atoms with Gasteiger partial charge in [-0.05, 0) is 37.8 Å². The Balaban J connectivity index is 1.48. The maximum Gasteiger partial charge on any atom is 0.0224 e. The summed E-state index contributed by atoms with van der Waals surface area (Å²) in [7, 11) is 0. The maximum absolute atomic E-state index is 2.87. The van der Waals surface area contributed by atoms with Crippen LogP contribution in [0.1, 0.15) is 44.1 Å². The first-order valence-electron chi connectivity index (χ1n) is 8.41. The number of hydrogen-bond donors (Lipinski definition) is 0. The fourth-order valence-corrected chi connectivity index (χ4v) is 4.49. The summed E-state index contributed by atoms with van der Waals surface area (Å²) in [5.41, 5.74) is 1.56. The second-order valence-corrected chi connectivity index (χ2v) is 6.87. The third kappa shape index (κ3) is 2.19. The van der Waals surface area contributed by atoms with E-state index >= 15 is 0 Å². The smallest absolute Gasteiger partial charge is 0.0224 e. The minimum Gasteiger partial charge on any atom is -0.298 e. The molecule has 2 saturated heterocycles. The van der Waals surface area contributed by atoms with Crippen molar-refractivity contribution >= 4 is 0 Å². The van der Waals surface area contributed by atoms with Gasteiger partial charge in [-0.3, -0.25) is 9.80 Å². The fourth-order valence-electron chi connectivity index (χ4n) is 4.49. The molecule has 20 heavy (non-hydrogen) atoms. The van der Waals surface area contributed by atoms with Crippen molar-refractivity contribution in [3.63, 3.8) is 0 Å². The minimum atomic E-state index is 0.795. The summed E-state index contributed by atoms with van der Waals surface area (Å²) in [6.45, 7) is 6.36. The molecule has 0 radical (unpaired) electrons. The summed E-state index contributed by atoms with van der Waals surface area (Å²) in [6.07, 6.45) is 5.53. The maximum atomic E-state index is 2.87. The standard InChI is InChI=1S/C18H26N2/c1-2-15-12-19-10-6-9-16(19)13-20(15)18-11-17(18)14-7-4-3-5-8-14/h3-5,7-8,15-18H,2,6,9-13H2,1H3. The van der Waals surface area contributed by atoms with Crippen molar-refractivity contribution in [2.75, 3.05) is 19.6 Å². The second kappa shape index (κ2) is 5.16. The molecule has 108 valence electrons. The molecule has 1 aliphatic carbocycles. The SMILES string of the molecule is CCC1CN2CCCC2CN1C1CC1c1ccccc1. The molecule has 4 atom stereocenters. The van der Waals surface area contributed by atoms with E-state index in [1.807, 2.05) is 0 Å². The zero-order valence-electron chi connectivity index (χ0n) is 12.5. The summed E-state index contributed by atoms with van der Waals surface area (Å²) < 4.78 is 0. The van der Waals surface area contributed by atoms with E-state index in [0.29, 0.717) is 0 Å². The Bertz CT molecular complexity index is 458. The number of piperazine rings is 1. The van der Waals surface area contributed by atoms with Gasteiger partial charge < -0.3 is 0 Å². The fraction of sp³-hybridized carbons (Fsp3) is 0.667. The molecular formula is C18H26N2. The Hall–Kier alpha value is -0.860. The summed E-state index contributed by atoms with van der Waals surface area (Å²) in [6, 6.07) is 13.6. The lowest BCUT2D eigenvalue weighted by Crippen LogP contribution is -2.56. The molecule has 0 N–H and O–H groups in total. The molecule has 2 aliphatic heterocycles. The van der Waals surface area contributed by atoms with E-state index in [2.05, 4.69) is 47.1 Å². The monoisotopic (exact) mass is 270 g/mol. The number of hydrogen-bond acceptors (Lipinski definition) is 2. The zero-order chi connectivity index (χ0) is 13.5. The average molecular weight is 270 g/mol. The van der Waals surface area contributed by atoms with Crippen LogP contribution in [0.5, 0.6) is 0 Å². The van der Waals surface area contributed by atoms with Gasteiger partial charge in [0, 0.05) is 37.1 Å². The Morgan fingerprint density at radius 3 is 2.80 bits per heavy atom. The van der Waals surface area contributed by atoms with Crippen molar-refractivity contribution in [2.45, 2.75) is 56.7 Å². The van der Waals surface area contributed by atoms with Crippen LogP contribution in [0.15, 0.2) is 30.3 Å². The molecule has 0 bridgehead atoms. The molecule has 4 rings (SSSR count). The summed E-state index contributed by atoms with van der Waals surface area (Å²) in [4.78, 5) is 5.62. The molecule has 2 nitrogen and oxygen atoms in total. The van der Waals surface area contributed by atoms with Crippen molar-refractivity contribution in [2.24, 2.45) is 0 Å². The van der Waals surface area contributed by atoms with Gasteiger partial charge in [-0.2, -0.15) is 0 Å². The predicted octanol–water partition coefficient (Wildman–Crippen LogP) is 3.10. The predicted molar refractivity (Wildman–Crippen MR) is 83.0 cm³/mol. The van der Waals surface area contributed by atoms with Crippen LogP contribution in [0, 0.1) is 0 Å². The first kappa shape index (κ1) is 12.8. The van der Waals surface area contributed by atoms with E-state index in [4.69, 9.17) is 0 Å². The Labute approximate surface area is 122 Å². The first-order chi connectivity index (χ1) is 9.86. The molecule has 0 aromatic heterocycles. The number of benzene rings is 1. The molecule has 3 fully saturated rings. The van der Waals surface area contributed by atoms with Gasteiger partial charge in [0.25, 0.3) is 0 Å². The largest absolute Gasteiger partial charge is 0.298 e. The van der Waals surface area contributed by atoms with Crippen LogP contribution < -0.4 is 0 Å². The van der Waals surface area contributed by atoms with E-state index in [1.54, 1.807) is 5.56 Å². The molecular weight excluding hydrogens is 244 g/mol. The minimum absolute atomic E-state index is 0.795. The molecule has 2 heteroatoms. The topological polar surface area (TPSA) is 6.48 Å². The normalized spacial score (nSPS) is 37.9. The van der Waals surface area contributed by atoms with Crippen LogP contribution in [-0.2, 0) is 0 Å². The lowest BCUT2D eigenvalue weighted by molar-refractivity contribution is 0.0420. The summed E-state index contributed by atoms with van der Waals surface area (Å²) in [5, 5.41) is 0. The van der Waals surface area contributed by atoms with Gasteiger partial charge in [0.1, 0.15) is 0 Å². The molecule has 0 spiro atoms. The highest BCUT2D eigenvalue weighted by Crippen LogP contribution is 2.47. The number of fused-ring (bicyclic) bond motifs is 1. The highest BCUT2D eigenvalue weighted by Gasteiger charge is 2.48.